The molecule has 2 aliphatic rings. The van der Waals surface area contributed by atoms with Crippen molar-refractivity contribution in [1.29, 1.82) is 0 Å². The predicted molar refractivity (Wildman–Crippen MR) is 114 cm³/mol. The van der Waals surface area contributed by atoms with Gasteiger partial charge in [0.15, 0.2) is 0 Å². The molecule has 8 nitrogen and oxygen atoms in total. The lowest BCUT2D eigenvalue weighted by atomic mass is 10.2. The van der Waals surface area contributed by atoms with Gasteiger partial charge in [-0.2, -0.15) is 0 Å². The average Bonchev–Trinajstić information content (AvgIpc) is 3.33. The second-order valence-corrected chi connectivity index (χ2v) is 11.6. The lowest BCUT2D eigenvalue weighted by molar-refractivity contribution is -0.117. The first-order chi connectivity index (χ1) is 14.1. The topological polar surface area (TPSA) is 95.1 Å². The van der Waals surface area contributed by atoms with E-state index in [1.807, 2.05) is 0 Å². The second kappa shape index (κ2) is 7.36. The van der Waals surface area contributed by atoms with Crippen LogP contribution in [0.3, 0.4) is 0 Å². The van der Waals surface area contributed by atoms with E-state index in [9.17, 15) is 21.6 Å². The maximum atomic E-state index is 13.2. The Bertz CT molecular complexity index is 1210. The minimum atomic E-state index is -3.80. The molecule has 0 radical (unpaired) electrons. The number of nitrogens with zero attached hydrogens (tertiary/aromatic N) is 3. The fourth-order valence-electron chi connectivity index (χ4n) is 3.82. The van der Waals surface area contributed by atoms with E-state index in [2.05, 4.69) is 0 Å². The van der Waals surface area contributed by atoms with E-state index in [1.165, 1.54) is 36.6 Å². The molecule has 1 saturated heterocycles. The summed E-state index contributed by atoms with van der Waals surface area (Å²) in [5.41, 5.74) is 1.86. The van der Waals surface area contributed by atoms with Crippen molar-refractivity contribution in [3.63, 3.8) is 0 Å². The zero-order valence-corrected chi connectivity index (χ0v) is 18.4. The first-order valence-electron chi connectivity index (χ1n) is 9.61. The van der Waals surface area contributed by atoms with Crippen LogP contribution in [-0.4, -0.2) is 54.2 Å². The van der Waals surface area contributed by atoms with Crippen molar-refractivity contribution in [2.45, 2.75) is 29.1 Å². The van der Waals surface area contributed by atoms with Gasteiger partial charge in [0.25, 0.3) is 10.0 Å². The Morgan fingerprint density at radius 3 is 2.13 bits per heavy atom. The van der Waals surface area contributed by atoms with Crippen LogP contribution in [0.4, 0.5) is 11.4 Å². The molecule has 2 aromatic carbocycles. The zero-order valence-electron chi connectivity index (χ0n) is 16.8. The van der Waals surface area contributed by atoms with Gasteiger partial charge >= 0.3 is 0 Å². The van der Waals surface area contributed by atoms with Crippen molar-refractivity contribution in [2.75, 3.05) is 36.4 Å². The Labute approximate surface area is 176 Å². The highest BCUT2D eigenvalue weighted by atomic mass is 32.2. The van der Waals surface area contributed by atoms with Crippen molar-refractivity contribution in [3.8, 4) is 0 Å². The van der Waals surface area contributed by atoms with Crippen molar-refractivity contribution in [3.05, 3.63) is 48.0 Å². The van der Waals surface area contributed by atoms with Crippen molar-refractivity contribution < 1.29 is 21.6 Å². The molecule has 2 aromatic rings. The number of benzene rings is 2. The first-order valence-corrected chi connectivity index (χ1v) is 12.5. The van der Waals surface area contributed by atoms with E-state index < -0.39 is 20.0 Å². The van der Waals surface area contributed by atoms with Crippen LogP contribution in [0.2, 0.25) is 0 Å². The van der Waals surface area contributed by atoms with E-state index in [1.54, 1.807) is 29.2 Å². The molecule has 0 aromatic heterocycles. The fourth-order valence-corrected chi connectivity index (χ4v) is 6.27. The van der Waals surface area contributed by atoms with Gasteiger partial charge in [-0.1, -0.05) is 0 Å². The molecule has 2 aliphatic heterocycles. The Hall–Kier alpha value is -2.43. The van der Waals surface area contributed by atoms with Crippen LogP contribution < -0.4 is 9.21 Å². The summed E-state index contributed by atoms with van der Waals surface area (Å²) in [7, 11) is -4.47. The molecule has 0 atom stereocenters. The highest BCUT2D eigenvalue weighted by Crippen LogP contribution is 2.35. The van der Waals surface area contributed by atoms with Crippen molar-refractivity contribution in [2.24, 2.45) is 0 Å². The molecule has 0 unspecified atom stereocenters. The van der Waals surface area contributed by atoms with Crippen LogP contribution in [-0.2, 0) is 31.3 Å². The Morgan fingerprint density at radius 1 is 0.867 bits per heavy atom. The SMILES string of the molecule is CN(C)S(=O)(=O)c1ccc2c(c1)CCN2S(=O)(=O)c1ccc(N2CCCC2=O)cc1. The Balaban J connectivity index is 1.63. The first kappa shape index (κ1) is 20.8. The molecule has 0 spiro atoms. The molecule has 0 saturated carbocycles. The lowest BCUT2D eigenvalue weighted by Gasteiger charge is -2.21. The standard InChI is InChI=1S/C20H23N3O5S2/c1-21(2)29(25,26)18-9-10-19-15(14-18)11-13-23(19)30(27,28)17-7-5-16(6-8-17)22-12-3-4-20(22)24/h5-10,14H,3-4,11-13H2,1-2H3. The second-order valence-electron chi connectivity index (χ2n) is 7.55. The van der Waals surface area contributed by atoms with Gasteiger partial charge < -0.3 is 4.90 Å². The normalized spacial score (nSPS) is 17.1. The zero-order chi connectivity index (χ0) is 21.7. The van der Waals surface area contributed by atoms with E-state index in [0.717, 1.165) is 10.7 Å². The molecular formula is C20H23N3O5S2. The molecule has 1 amide bonds. The van der Waals surface area contributed by atoms with Crippen LogP contribution in [0.25, 0.3) is 0 Å². The Morgan fingerprint density at radius 2 is 1.53 bits per heavy atom. The molecule has 10 heteroatoms. The number of anilines is 2. The number of fused-ring (bicyclic) bond motifs is 1. The van der Waals surface area contributed by atoms with E-state index >= 15 is 0 Å². The minimum Gasteiger partial charge on any atom is -0.312 e. The molecular weight excluding hydrogens is 426 g/mol. The molecule has 30 heavy (non-hydrogen) atoms. The van der Waals surface area contributed by atoms with E-state index in [0.29, 0.717) is 36.3 Å². The third kappa shape index (κ3) is 3.38. The number of carbonyl (C=O) groups excluding carboxylic acids is 1. The molecule has 1 fully saturated rings. The maximum absolute atomic E-state index is 13.2. The van der Waals surface area contributed by atoms with Gasteiger partial charge in [-0.05, 0) is 60.9 Å². The number of hydrogen-bond donors (Lipinski definition) is 0. The van der Waals surface area contributed by atoms with Gasteiger partial charge in [-0.25, -0.2) is 21.1 Å². The minimum absolute atomic E-state index is 0.0440. The molecule has 160 valence electrons. The summed E-state index contributed by atoms with van der Waals surface area (Å²) < 4.78 is 53.6. The van der Waals surface area contributed by atoms with Gasteiger partial charge in [0, 0.05) is 39.3 Å². The highest BCUT2D eigenvalue weighted by Gasteiger charge is 2.32. The van der Waals surface area contributed by atoms with Crippen molar-refractivity contribution >= 4 is 37.3 Å². The number of hydrogen-bond acceptors (Lipinski definition) is 5. The largest absolute Gasteiger partial charge is 0.312 e. The number of carbonyl (C=O) groups is 1. The quantitative estimate of drug-likeness (QED) is 0.694. The van der Waals surface area contributed by atoms with E-state index in [-0.39, 0.29) is 22.2 Å². The molecule has 0 aliphatic carbocycles. The van der Waals surface area contributed by atoms with Gasteiger partial charge in [0.1, 0.15) is 0 Å². The predicted octanol–water partition coefficient (Wildman–Crippen LogP) is 1.82. The lowest BCUT2D eigenvalue weighted by Crippen LogP contribution is -2.29. The average molecular weight is 450 g/mol. The summed E-state index contributed by atoms with van der Waals surface area (Å²) in [5, 5.41) is 0. The molecule has 0 bridgehead atoms. The van der Waals surface area contributed by atoms with E-state index in [4.69, 9.17) is 0 Å². The smallest absolute Gasteiger partial charge is 0.264 e. The van der Waals surface area contributed by atoms with Crippen LogP contribution in [0.5, 0.6) is 0 Å². The van der Waals surface area contributed by atoms with Gasteiger partial charge in [-0.3, -0.25) is 9.10 Å². The number of amides is 1. The van der Waals surface area contributed by atoms with Crippen molar-refractivity contribution in [1.82, 2.24) is 4.31 Å². The van der Waals surface area contributed by atoms with Crippen LogP contribution >= 0.6 is 0 Å². The number of rotatable bonds is 5. The molecule has 2 heterocycles. The number of sulfonamides is 2. The Kier molecular flexibility index (Phi) is 5.11. The van der Waals surface area contributed by atoms with Gasteiger partial charge in [0.05, 0.1) is 15.5 Å². The fraction of sp³-hybridized carbons (Fsp3) is 0.350. The third-order valence-electron chi connectivity index (χ3n) is 5.49. The van der Waals surface area contributed by atoms with Gasteiger partial charge in [-0.15, -0.1) is 0 Å². The highest BCUT2D eigenvalue weighted by molar-refractivity contribution is 7.92. The van der Waals surface area contributed by atoms with Crippen LogP contribution in [0, 0.1) is 0 Å². The summed E-state index contributed by atoms with van der Waals surface area (Å²) in [4.78, 5) is 13.8. The molecule has 4 rings (SSSR count). The summed E-state index contributed by atoms with van der Waals surface area (Å²) in [6.07, 6.45) is 1.75. The summed E-state index contributed by atoms with van der Waals surface area (Å²) >= 11 is 0. The summed E-state index contributed by atoms with van der Waals surface area (Å²) in [6, 6.07) is 10.9. The third-order valence-corrected chi connectivity index (χ3v) is 9.13. The molecule has 0 N–H and O–H groups in total. The van der Waals surface area contributed by atoms with Crippen LogP contribution in [0.1, 0.15) is 18.4 Å². The van der Waals surface area contributed by atoms with Gasteiger partial charge in [0.2, 0.25) is 15.9 Å². The monoisotopic (exact) mass is 449 g/mol. The summed E-state index contributed by atoms with van der Waals surface area (Å²) in [5.74, 6) is 0.0440. The maximum Gasteiger partial charge on any atom is 0.264 e. The van der Waals surface area contributed by atoms with Crippen LogP contribution in [0.15, 0.2) is 52.3 Å². The summed E-state index contributed by atoms with van der Waals surface area (Å²) in [6.45, 7) is 0.887.